The fraction of sp³-hybridized carbons (Fsp3) is 0.139. The molecule has 5 nitrogen and oxygen atoms in total. The van der Waals surface area contributed by atoms with Crippen LogP contribution in [0.15, 0.2) is 114 Å². The van der Waals surface area contributed by atoms with Crippen molar-refractivity contribution < 1.29 is 14.3 Å². The minimum atomic E-state index is -0.491. The van der Waals surface area contributed by atoms with Crippen LogP contribution in [0.4, 0.5) is 11.4 Å². The lowest BCUT2D eigenvalue weighted by molar-refractivity contribution is 0.0968. The highest BCUT2D eigenvalue weighted by atomic mass is 79.9. The predicted molar refractivity (Wildman–Crippen MR) is 181 cm³/mol. The molecule has 0 N–H and O–H groups in total. The largest absolute Gasteiger partial charge is 0.493 e. The van der Waals surface area contributed by atoms with Crippen molar-refractivity contribution in [3.05, 3.63) is 152 Å². The summed E-state index contributed by atoms with van der Waals surface area (Å²) < 4.78 is 12.8. The van der Waals surface area contributed by atoms with E-state index in [4.69, 9.17) is 32.7 Å². The first kappa shape index (κ1) is 30.1. The Hall–Kier alpha value is -3.97. The van der Waals surface area contributed by atoms with Gasteiger partial charge in [0.1, 0.15) is 12.8 Å². The van der Waals surface area contributed by atoms with E-state index in [9.17, 15) is 4.79 Å². The van der Waals surface area contributed by atoms with Crippen LogP contribution < -0.4 is 19.3 Å². The Kier molecular flexibility index (Phi) is 8.85. The molecule has 0 bridgehead atoms. The number of carbonyl (C=O) groups excluding carboxylic acids is 1. The number of hydrogen-bond donors (Lipinski definition) is 0. The van der Waals surface area contributed by atoms with E-state index in [1.54, 1.807) is 19.2 Å². The zero-order valence-corrected chi connectivity index (χ0v) is 27.2. The van der Waals surface area contributed by atoms with Crippen molar-refractivity contribution in [2.45, 2.75) is 26.2 Å². The summed E-state index contributed by atoms with van der Waals surface area (Å²) in [6.07, 6.45) is -0.491. The molecule has 5 aromatic carbocycles. The van der Waals surface area contributed by atoms with Crippen LogP contribution in [0.25, 0.3) is 0 Å². The van der Waals surface area contributed by atoms with E-state index in [2.05, 4.69) is 33.0 Å². The molecule has 0 spiro atoms. The smallest absolute Gasteiger partial charge is 0.262 e. The highest BCUT2D eigenvalue weighted by molar-refractivity contribution is 9.10. The molecule has 0 aromatic heterocycles. The number of aryl methyl sites for hydroxylation is 1. The zero-order valence-electron chi connectivity index (χ0n) is 24.1. The van der Waals surface area contributed by atoms with E-state index < -0.39 is 6.17 Å². The first-order chi connectivity index (χ1) is 21.3. The standard InChI is InChI=1S/C36H29BrCl2N2O3/c1-23-12-15-27(16-13-23)41-35(40(21-24-8-4-3-5-9-24)32-11-7-6-10-28(32)36(41)42)26-19-29(37)34(33(20-26)43-2)44-22-25-14-17-30(38)31(39)18-25/h3-20,35H,21-22H2,1-2H3/t35-/m1/s1. The predicted octanol–water partition coefficient (Wildman–Crippen LogP) is 10.0. The van der Waals surface area contributed by atoms with Gasteiger partial charge >= 0.3 is 0 Å². The Morgan fingerprint density at radius 3 is 2.27 bits per heavy atom. The van der Waals surface area contributed by atoms with E-state index in [1.165, 1.54) is 0 Å². The number of hydrogen-bond acceptors (Lipinski definition) is 4. The van der Waals surface area contributed by atoms with Crippen molar-refractivity contribution >= 4 is 56.4 Å². The Morgan fingerprint density at radius 1 is 0.818 bits per heavy atom. The number of rotatable bonds is 8. The molecule has 0 fully saturated rings. The molecule has 1 amide bonds. The van der Waals surface area contributed by atoms with Crippen LogP contribution in [0.2, 0.25) is 10.0 Å². The normalized spacial score (nSPS) is 14.4. The van der Waals surface area contributed by atoms with Gasteiger partial charge in [-0.15, -0.1) is 0 Å². The van der Waals surface area contributed by atoms with Crippen molar-refractivity contribution in [2.24, 2.45) is 0 Å². The van der Waals surface area contributed by atoms with Gasteiger partial charge in [0.2, 0.25) is 0 Å². The summed E-state index contributed by atoms with van der Waals surface area (Å²) >= 11 is 16.1. The third-order valence-corrected chi connectivity index (χ3v) is 8.96. The second-order valence-corrected chi connectivity index (χ2v) is 12.3. The second-order valence-electron chi connectivity index (χ2n) is 10.6. The van der Waals surface area contributed by atoms with E-state index >= 15 is 0 Å². The molecule has 1 atom stereocenters. The van der Waals surface area contributed by atoms with Crippen LogP contribution in [0, 0.1) is 6.92 Å². The van der Waals surface area contributed by atoms with Gasteiger partial charge in [0.05, 0.1) is 32.9 Å². The van der Waals surface area contributed by atoms with E-state index in [0.29, 0.717) is 38.1 Å². The minimum absolute atomic E-state index is 0.0752. The number of para-hydroxylation sites is 1. The maximum absolute atomic E-state index is 14.3. The van der Waals surface area contributed by atoms with E-state index in [-0.39, 0.29) is 12.5 Å². The highest BCUT2D eigenvalue weighted by Gasteiger charge is 2.40. The van der Waals surface area contributed by atoms with Crippen LogP contribution in [0.3, 0.4) is 0 Å². The minimum Gasteiger partial charge on any atom is -0.493 e. The number of nitrogens with zero attached hydrogens (tertiary/aromatic N) is 2. The summed E-state index contributed by atoms with van der Waals surface area (Å²) in [6.45, 7) is 2.87. The summed E-state index contributed by atoms with van der Waals surface area (Å²) in [5.74, 6) is 0.999. The Balaban J connectivity index is 1.47. The molecule has 1 aliphatic heterocycles. The van der Waals surface area contributed by atoms with E-state index in [1.807, 2.05) is 96.8 Å². The van der Waals surface area contributed by atoms with Crippen LogP contribution in [0.5, 0.6) is 11.5 Å². The first-order valence-corrected chi connectivity index (χ1v) is 15.6. The third kappa shape index (κ3) is 6.03. The number of benzene rings is 5. The number of carbonyl (C=O) groups is 1. The first-order valence-electron chi connectivity index (χ1n) is 14.1. The van der Waals surface area contributed by atoms with Gasteiger partial charge in [-0.25, -0.2) is 0 Å². The van der Waals surface area contributed by atoms with Crippen LogP contribution >= 0.6 is 39.1 Å². The topological polar surface area (TPSA) is 42.0 Å². The van der Waals surface area contributed by atoms with Crippen LogP contribution in [-0.4, -0.2) is 13.0 Å². The van der Waals surface area contributed by atoms with Gasteiger partial charge in [-0.3, -0.25) is 9.69 Å². The van der Waals surface area contributed by atoms with Gasteiger partial charge in [0.25, 0.3) is 5.91 Å². The van der Waals surface area contributed by atoms with Crippen molar-refractivity contribution in [3.63, 3.8) is 0 Å². The Labute approximate surface area is 275 Å². The molecule has 0 saturated heterocycles. The molecule has 1 aliphatic rings. The lowest BCUT2D eigenvalue weighted by Gasteiger charge is -2.46. The SMILES string of the molecule is COc1cc([C@@H]2N(Cc3ccccc3)c3ccccc3C(=O)N2c2ccc(C)cc2)cc(Br)c1OCc1ccc(Cl)c(Cl)c1. The fourth-order valence-electron chi connectivity index (χ4n) is 5.48. The average Bonchev–Trinajstić information content (AvgIpc) is 3.04. The zero-order chi connectivity index (χ0) is 30.8. The molecule has 0 unspecified atom stereocenters. The summed E-state index contributed by atoms with van der Waals surface area (Å²) in [4.78, 5) is 18.4. The maximum Gasteiger partial charge on any atom is 0.262 e. The maximum atomic E-state index is 14.3. The van der Waals surface area contributed by atoms with Crippen molar-refractivity contribution in [2.75, 3.05) is 16.9 Å². The molecule has 0 saturated carbocycles. The lowest BCUT2D eigenvalue weighted by atomic mass is 9.98. The molecular formula is C36H29BrCl2N2O3. The number of halogens is 3. The molecular weight excluding hydrogens is 659 g/mol. The molecule has 1 heterocycles. The number of anilines is 2. The molecule has 0 radical (unpaired) electrons. The number of ether oxygens (including phenoxy) is 2. The fourth-order valence-corrected chi connectivity index (χ4v) is 6.37. The van der Waals surface area contributed by atoms with Gasteiger partial charge in [0.15, 0.2) is 11.5 Å². The van der Waals surface area contributed by atoms with Crippen LogP contribution in [-0.2, 0) is 13.2 Å². The molecule has 6 rings (SSSR count). The number of methoxy groups -OCH3 is 1. The molecule has 222 valence electrons. The van der Waals surface area contributed by atoms with Gasteiger partial charge in [-0.05, 0) is 82.5 Å². The monoisotopic (exact) mass is 686 g/mol. The Bertz CT molecular complexity index is 1820. The summed E-state index contributed by atoms with van der Waals surface area (Å²) in [5, 5.41) is 0.950. The summed E-state index contributed by atoms with van der Waals surface area (Å²) in [5.41, 5.74) is 6.27. The van der Waals surface area contributed by atoms with E-state index in [0.717, 1.165) is 33.6 Å². The van der Waals surface area contributed by atoms with Gasteiger partial charge in [0, 0.05) is 17.8 Å². The molecule has 5 aromatic rings. The van der Waals surface area contributed by atoms with Gasteiger partial charge in [-0.1, -0.05) is 89.4 Å². The molecule has 8 heteroatoms. The van der Waals surface area contributed by atoms with Crippen molar-refractivity contribution in [1.29, 1.82) is 0 Å². The van der Waals surface area contributed by atoms with Gasteiger partial charge < -0.3 is 14.4 Å². The van der Waals surface area contributed by atoms with Crippen molar-refractivity contribution in [1.82, 2.24) is 0 Å². The summed E-state index contributed by atoms with van der Waals surface area (Å²) in [6, 6.07) is 35.4. The van der Waals surface area contributed by atoms with Crippen molar-refractivity contribution in [3.8, 4) is 11.5 Å². The number of fused-ring (bicyclic) bond motifs is 1. The highest BCUT2D eigenvalue weighted by Crippen LogP contribution is 2.46. The third-order valence-electron chi connectivity index (χ3n) is 7.63. The molecule has 0 aliphatic carbocycles. The average molecular weight is 688 g/mol. The second kappa shape index (κ2) is 12.9. The quantitative estimate of drug-likeness (QED) is 0.163. The van der Waals surface area contributed by atoms with Crippen LogP contribution in [0.1, 0.15) is 38.8 Å². The summed E-state index contributed by atoms with van der Waals surface area (Å²) in [7, 11) is 1.61. The van der Waals surface area contributed by atoms with Gasteiger partial charge in [-0.2, -0.15) is 0 Å². The lowest BCUT2D eigenvalue weighted by Crippen LogP contribution is -2.49. The molecule has 44 heavy (non-hydrogen) atoms. The number of amides is 1. The Morgan fingerprint density at radius 2 is 1.55 bits per heavy atom.